The molecule has 0 radical (unpaired) electrons. The van der Waals surface area contributed by atoms with E-state index in [1.807, 2.05) is 0 Å². The summed E-state index contributed by atoms with van der Waals surface area (Å²) < 4.78 is 35.1. The van der Waals surface area contributed by atoms with Crippen molar-refractivity contribution in [1.82, 2.24) is 0 Å². The second-order valence-corrected chi connectivity index (χ2v) is 8.14. The van der Waals surface area contributed by atoms with E-state index in [1.165, 1.54) is 70.8 Å². The highest BCUT2D eigenvalue weighted by molar-refractivity contribution is 5.78. The van der Waals surface area contributed by atoms with Gasteiger partial charge in [0.25, 0.3) is 0 Å². The van der Waals surface area contributed by atoms with Crippen LogP contribution in [0.1, 0.15) is 84.0 Å². The number of Topliss-reactive ketones (excluding diaryl/α,β-unsaturated/α-hetero) is 1. The van der Waals surface area contributed by atoms with Crippen LogP contribution in [0.25, 0.3) is 0 Å². The third-order valence-corrected chi connectivity index (χ3v) is 4.91. The molecule has 150 valence electrons. The van der Waals surface area contributed by atoms with Crippen molar-refractivity contribution in [2.45, 2.75) is 84.0 Å². The molecule has 6 nitrogen and oxygen atoms in total. The smallest absolute Gasteiger partial charge is 0.144 e. The second kappa shape index (κ2) is 13.9. The number of ketones is 1. The summed E-state index contributed by atoms with van der Waals surface area (Å²) >= 11 is 0. The number of unbranched alkanes of at least 4 members (excludes halogenated alkanes) is 9. The van der Waals surface area contributed by atoms with Crippen LogP contribution in [0.4, 0.5) is 0 Å². The van der Waals surface area contributed by atoms with Crippen LogP contribution in [0.2, 0.25) is 0 Å². The molecule has 0 bridgehead atoms. The first-order valence-electron chi connectivity index (χ1n) is 9.63. The standard InChI is InChI=1S/C18H36NO.ClHO4/c1-3-4-5-6-7-8-9-10-11-12-15-19(2)16-13-18(20)14-17-19;2-1(3,4)5/h3-17H2,1-2H3;(H,2,3,4,5)/q+1;/p-1. The molecule has 0 saturated carbocycles. The SMILES string of the molecule is CCCCCCCCCCCC[N+]1(C)CCC(=O)CC1.[O-][Cl+3]([O-])([O-])[O-]. The molecule has 0 aliphatic carbocycles. The molecule has 1 aliphatic heterocycles. The first-order chi connectivity index (χ1) is 11.7. The van der Waals surface area contributed by atoms with Gasteiger partial charge in [-0.05, 0) is 12.8 Å². The van der Waals surface area contributed by atoms with Crippen molar-refractivity contribution in [3.8, 4) is 0 Å². The molecule has 0 atom stereocenters. The Hall–Kier alpha value is -0.240. The molecule has 0 aromatic heterocycles. The number of halogens is 1. The minimum absolute atomic E-state index is 0.476. The molecule has 0 spiro atoms. The summed E-state index contributed by atoms with van der Waals surface area (Å²) in [5.41, 5.74) is 0. The molecular formula is C18H36ClNO5. The average Bonchev–Trinajstić information content (AvgIpc) is 2.51. The summed E-state index contributed by atoms with van der Waals surface area (Å²) in [7, 11) is -2.61. The third kappa shape index (κ3) is 18.4. The van der Waals surface area contributed by atoms with Crippen LogP contribution in [0.5, 0.6) is 0 Å². The number of carbonyl (C=O) groups is 1. The van der Waals surface area contributed by atoms with Crippen LogP contribution in [-0.4, -0.2) is 36.9 Å². The van der Waals surface area contributed by atoms with Gasteiger partial charge in [-0.2, -0.15) is 0 Å². The second-order valence-electron chi connectivity index (χ2n) is 7.39. The van der Waals surface area contributed by atoms with E-state index in [0.717, 1.165) is 30.4 Å². The normalized spacial score (nSPS) is 17.1. The monoisotopic (exact) mass is 381 g/mol. The van der Waals surface area contributed by atoms with Gasteiger partial charge in [0, 0.05) is 0 Å². The zero-order valence-corrected chi connectivity index (χ0v) is 16.7. The molecule has 0 aromatic carbocycles. The number of quaternary nitrogens is 1. The van der Waals surface area contributed by atoms with Crippen LogP contribution < -0.4 is 18.6 Å². The van der Waals surface area contributed by atoms with Crippen LogP contribution in [0, 0.1) is 10.2 Å². The first kappa shape index (κ1) is 24.8. The first-order valence-corrected chi connectivity index (χ1v) is 10.9. The van der Waals surface area contributed by atoms with Crippen LogP contribution in [-0.2, 0) is 4.79 Å². The van der Waals surface area contributed by atoms with Crippen molar-refractivity contribution < 1.29 is 38.2 Å². The number of rotatable bonds is 11. The third-order valence-electron chi connectivity index (χ3n) is 4.91. The van der Waals surface area contributed by atoms with E-state index in [1.54, 1.807) is 0 Å². The van der Waals surface area contributed by atoms with E-state index < -0.39 is 10.2 Å². The highest BCUT2D eigenvalue weighted by Gasteiger charge is 2.27. The maximum absolute atomic E-state index is 11.3. The molecule has 0 N–H and O–H groups in total. The lowest BCUT2D eigenvalue weighted by Gasteiger charge is -2.37. The summed E-state index contributed by atoms with van der Waals surface area (Å²) in [6.07, 6.45) is 15.7. The maximum atomic E-state index is 11.3. The van der Waals surface area contributed by atoms with Gasteiger partial charge in [0.1, 0.15) is 5.78 Å². The Bertz CT molecular complexity index is 331. The number of nitrogens with zero attached hydrogens (tertiary/aromatic N) is 1. The fourth-order valence-electron chi connectivity index (χ4n) is 3.23. The zero-order chi connectivity index (χ0) is 19.2. The Kier molecular flexibility index (Phi) is 13.8. The van der Waals surface area contributed by atoms with Gasteiger partial charge in [-0.15, -0.1) is 10.2 Å². The summed E-state index contributed by atoms with van der Waals surface area (Å²) in [6.45, 7) is 5.72. The highest BCUT2D eigenvalue weighted by Crippen LogP contribution is 2.16. The Morgan fingerprint density at radius 1 is 0.800 bits per heavy atom. The van der Waals surface area contributed by atoms with E-state index in [0.29, 0.717) is 5.78 Å². The molecule has 1 heterocycles. The molecule has 0 aromatic rings. The molecule has 0 amide bonds. The van der Waals surface area contributed by atoms with Gasteiger partial charge < -0.3 is 4.48 Å². The minimum Gasteiger partial charge on any atom is -0.325 e. The molecular weight excluding hydrogens is 346 g/mol. The quantitative estimate of drug-likeness (QED) is 0.368. The number of hydrogen-bond donors (Lipinski definition) is 0. The number of piperidine rings is 1. The highest BCUT2D eigenvalue weighted by atomic mass is 35.7. The van der Waals surface area contributed by atoms with E-state index in [9.17, 15) is 4.79 Å². The van der Waals surface area contributed by atoms with Crippen LogP contribution in [0.3, 0.4) is 0 Å². The largest absolute Gasteiger partial charge is 0.325 e. The summed E-state index contributed by atoms with van der Waals surface area (Å²) in [5.74, 6) is 0.476. The van der Waals surface area contributed by atoms with Gasteiger partial charge in [0.15, 0.2) is 0 Å². The lowest BCUT2D eigenvalue weighted by atomic mass is 10.0. The van der Waals surface area contributed by atoms with Gasteiger partial charge in [-0.1, -0.05) is 58.3 Å². The molecule has 25 heavy (non-hydrogen) atoms. The average molecular weight is 382 g/mol. The Labute approximate surface area is 155 Å². The van der Waals surface area contributed by atoms with Crippen LogP contribution in [0.15, 0.2) is 0 Å². The predicted octanol–water partition coefficient (Wildman–Crippen LogP) is -0.0392. The molecule has 7 heteroatoms. The lowest BCUT2D eigenvalue weighted by molar-refractivity contribution is -2.00. The summed E-state index contributed by atoms with van der Waals surface area (Å²) in [4.78, 5) is 11.3. The molecule has 0 unspecified atom stereocenters. The Morgan fingerprint density at radius 2 is 1.16 bits per heavy atom. The van der Waals surface area contributed by atoms with E-state index >= 15 is 0 Å². The van der Waals surface area contributed by atoms with Crippen molar-refractivity contribution in [1.29, 1.82) is 0 Å². The van der Waals surface area contributed by atoms with Gasteiger partial charge in [-0.25, -0.2) is 18.6 Å². The van der Waals surface area contributed by atoms with Crippen LogP contribution >= 0.6 is 0 Å². The van der Waals surface area contributed by atoms with Gasteiger partial charge in [0.05, 0.1) is 39.5 Å². The number of hydrogen-bond acceptors (Lipinski definition) is 5. The molecule has 1 aliphatic rings. The Morgan fingerprint density at radius 3 is 1.56 bits per heavy atom. The van der Waals surface area contributed by atoms with E-state index in [2.05, 4.69) is 14.0 Å². The van der Waals surface area contributed by atoms with Crippen molar-refractivity contribution in [3.63, 3.8) is 0 Å². The number of likely N-dealkylation sites (tertiary alicyclic amines) is 1. The van der Waals surface area contributed by atoms with Gasteiger partial charge in [0.2, 0.25) is 0 Å². The summed E-state index contributed by atoms with van der Waals surface area (Å²) in [5, 5.41) is 0. The van der Waals surface area contributed by atoms with Crippen molar-refractivity contribution in [2.75, 3.05) is 26.7 Å². The predicted molar refractivity (Wildman–Crippen MR) is 86.9 cm³/mol. The topological polar surface area (TPSA) is 109 Å². The summed E-state index contributed by atoms with van der Waals surface area (Å²) in [6, 6.07) is 0. The molecule has 1 rings (SSSR count). The van der Waals surface area contributed by atoms with Gasteiger partial charge in [-0.3, -0.25) is 4.79 Å². The maximum Gasteiger partial charge on any atom is 0.144 e. The fraction of sp³-hybridized carbons (Fsp3) is 0.944. The molecule has 1 saturated heterocycles. The minimum atomic E-state index is -4.94. The Balaban J connectivity index is 0.00000101. The van der Waals surface area contributed by atoms with Crippen molar-refractivity contribution in [2.24, 2.45) is 0 Å². The van der Waals surface area contributed by atoms with Crippen molar-refractivity contribution in [3.05, 3.63) is 0 Å². The van der Waals surface area contributed by atoms with E-state index in [4.69, 9.17) is 18.6 Å². The fourth-order valence-corrected chi connectivity index (χ4v) is 3.23. The van der Waals surface area contributed by atoms with E-state index in [-0.39, 0.29) is 0 Å². The van der Waals surface area contributed by atoms with Gasteiger partial charge >= 0.3 is 0 Å². The lowest BCUT2D eigenvalue weighted by Crippen LogP contribution is -2.68. The number of carbonyl (C=O) groups excluding carboxylic acids is 1. The molecule has 1 fully saturated rings. The van der Waals surface area contributed by atoms with Crippen molar-refractivity contribution >= 4 is 5.78 Å². The zero-order valence-electron chi connectivity index (χ0n) is 16.0.